The summed E-state index contributed by atoms with van der Waals surface area (Å²) in [5.41, 5.74) is 3.19. The van der Waals surface area contributed by atoms with Crippen molar-refractivity contribution in [2.45, 2.75) is 18.6 Å². The van der Waals surface area contributed by atoms with Crippen LogP contribution in [-0.2, 0) is 15.9 Å². The largest absolute Gasteiger partial charge is 0.445 e. The molecule has 0 radical (unpaired) electrons. The van der Waals surface area contributed by atoms with Crippen molar-refractivity contribution in [1.29, 1.82) is 0 Å². The van der Waals surface area contributed by atoms with Crippen LogP contribution in [0.3, 0.4) is 0 Å². The minimum absolute atomic E-state index is 0.122. The summed E-state index contributed by atoms with van der Waals surface area (Å²) < 4.78 is 25.3. The van der Waals surface area contributed by atoms with Crippen LogP contribution in [0.2, 0.25) is 0 Å². The summed E-state index contributed by atoms with van der Waals surface area (Å²) in [5, 5.41) is 3.40. The topological polar surface area (TPSA) is 50.8 Å². The molecule has 3 aliphatic heterocycles. The summed E-state index contributed by atoms with van der Waals surface area (Å²) in [6.45, 7) is 3.42. The second kappa shape index (κ2) is 7.76. The molecule has 0 aromatic heterocycles. The second-order valence-corrected chi connectivity index (χ2v) is 8.16. The molecule has 4 atom stereocenters. The van der Waals surface area contributed by atoms with Gasteiger partial charge in [0.2, 0.25) is 0 Å². The third-order valence-corrected chi connectivity index (χ3v) is 6.35. The first-order valence-electron chi connectivity index (χ1n) is 10.3. The van der Waals surface area contributed by atoms with Crippen molar-refractivity contribution in [2.24, 2.45) is 11.8 Å². The van der Waals surface area contributed by atoms with Gasteiger partial charge in [0, 0.05) is 31.5 Å². The van der Waals surface area contributed by atoms with Crippen molar-refractivity contribution in [1.82, 2.24) is 10.2 Å². The summed E-state index contributed by atoms with van der Waals surface area (Å²) in [6.07, 6.45) is 0.367. The molecule has 3 aliphatic rings. The molecule has 1 amide bonds. The van der Waals surface area contributed by atoms with Crippen LogP contribution in [0.25, 0.3) is 0 Å². The first-order chi connectivity index (χ1) is 14.2. The second-order valence-electron chi connectivity index (χ2n) is 8.16. The Bertz CT molecular complexity index is 866. The Balaban J connectivity index is 1.44. The number of benzene rings is 2. The van der Waals surface area contributed by atoms with E-state index in [2.05, 4.69) is 17.4 Å². The molecule has 5 nitrogen and oxygen atoms in total. The quantitative estimate of drug-likeness (QED) is 0.847. The lowest BCUT2D eigenvalue weighted by Crippen LogP contribution is -2.56. The van der Waals surface area contributed by atoms with Gasteiger partial charge in [-0.15, -0.1) is 0 Å². The lowest BCUT2D eigenvalue weighted by Gasteiger charge is -2.44. The Morgan fingerprint density at radius 1 is 1.07 bits per heavy atom. The first-order valence-corrected chi connectivity index (χ1v) is 10.3. The van der Waals surface area contributed by atoms with Crippen LogP contribution in [-0.4, -0.2) is 49.9 Å². The van der Waals surface area contributed by atoms with E-state index in [1.54, 1.807) is 17.0 Å². The average molecular weight is 396 g/mol. The van der Waals surface area contributed by atoms with Gasteiger partial charge in [0.1, 0.15) is 11.9 Å². The smallest absolute Gasteiger partial charge is 0.410 e. The van der Waals surface area contributed by atoms with Crippen LogP contribution in [0.5, 0.6) is 0 Å². The number of rotatable bonds is 2. The third kappa shape index (κ3) is 3.51. The lowest BCUT2D eigenvalue weighted by molar-refractivity contribution is -0.104. The van der Waals surface area contributed by atoms with Gasteiger partial charge in [-0.05, 0) is 35.2 Å². The number of amides is 1. The molecule has 3 heterocycles. The van der Waals surface area contributed by atoms with E-state index in [1.807, 2.05) is 12.1 Å². The molecule has 1 unspecified atom stereocenters. The summed E-state index contributed by atoms with van der Waals surface area (Å²) in [7, 11) is 0. The molecule has 2 aromatic carbocycles. The van der Waals surface area contributed by atoms with Crippen LogP contribution in [0, 0.1) is 17.7 Å². The van der Waals surface area contributed by atoms with Crippen molar-refractivity contribution in [3.63, 3.8) is 0 Å². The van der Waals surface area contributed by atoms with Crippen LogP contribution in [0.15, 0.2) is 48.5 Å². The van der Waals surface area contributed by atoms with E-state index in [4.69, 9.17) is 9.47 Å². The van der Waals surface area contributed by atoms with Gasteiger partial charge in [-0.2, -0.15) is 0 Å². The molecule has 0 saturated carbocycles. The number of piperidine rings is 1. The number of nitrogens with zero attached hydrogens (tertiary/aromatic N) is 1. The van der Waals surface area contributed by atoms with E-state index in [0.29, 0.717) is 19.8 Å². The highest BCUT2D eigenvalue weighted by Crippen LogP contribution is 2.36. The number of carbonyl (C=O) groups excluding carboxylic acids is 1. The van der Waals surface area contributed by atoms with Crippen LogP contribution in [0.1, 0.15) is 22.7 Å². The van der Waals surface area contributed by atoms with Gasteiger partial charge in [-0.3, -0.25) is 4.90 Å². The fraction of sp³-hybridized carbons (Fsp3) is 0.435. The number of carbonyl (C=O) groups is 1. The lowest BCUT2D eigenvalue weighted by atomic mass is 9.85. The fourth-order valence-corrected chi connectivity index (χ4v) is 4.89. The standard InChI is InChI=1S/C23H25FN2O3/c24-19-7-5-16(6-8-19)21-20-4-2-1-3-15(20)9-10-26(21)23(27)29-22-17-11-25-12-18(22)14-28-13-17/h1-8,17-18,21-22,25H,9-14H2/t17-,18?,21+,22+/m1/s1. The van der Waals surface area contributed by atoms with Gasteiger partial charge in [0.15, 0.2) is 0 Å². The van der Waals surface area contributed by atoms with Gasteiger partial charge in [0.25, 0.3) is 0 Å². The highest BCUT2D eigenvalue weighted by molar-refractivity contribution is 5.70. The molecule has 2 saturated heterocycles. The molecule has 29 heavy (non-hydrogen) atoms. The zero-order chi connectivity index (χ0) is 19.8. The zero-order valence-electron chi connectivity index (χ0n) is 16.2. The molecule has 0 aliphatic carbocycles. The number of halogens is 1. The Labute approximate surface area is 169 Å². The van der Waals surface area contributed by atoms with Crippen LogP contribution in [0.4, 0.5) is 9.18 Å². The molecular weight excluding hydrogens is 371 g/mol. The van der Waals surface area contributed by atoms with E-state index < -0.39 is 0 Å². The van der Waals surface area contributed by atoms with Gasteiger partial charge in [-0.25, -0.2) is 9.18 Å². The van der Waals surface area contributed by atoms with E-state index in [-0.39, 0.29) is 35.9 Å². The summed E-state index contributed by atoms with van der Waals surface area (Å²) >= 11 is 0. The Hall–Kier alpha value is -2.44. The molecule has 0 spiro atoms. The van der Waals surface area contributed by atoms with E-state index in [9.17, 15) is 9.18 Å². The molecule has 5 rings (SSSR count). The number of nitrogens with one attached hydrogen (secondary N) is 1. The third-order valence-electron chi connectivity index (χ3n) is 6.35. The molecule has 2 aromatic rings. The molecule has 2 bridgehead atoms. The number of ether oxygens (including phenoxy) is 2. The van der Waals surface area contributed by atoms with Crippen molar-refractivity contribution >= 4 is 6.09 Å². The van der Waals surface area contributed by atoms with Crippen LogP contribution < -0.4 is 5.32 Å². The predicted octanol–water partition coefficient (Wildman–Crippen LogP) is 3.14. The normalized spacial score (nSPS) is 28.5. The Morgan fingerprint density at radius 3 is 2.55 bits per heavy atom. The van der Waals surface area contributed by atoms with E-state index in [0.717, 1.165) is 30.6 Å². The minimum atomic E-state index is -0.294. The van der Waals surface area contributed by atoms with Crippen molar-refractivity contribution in [3.05, 3.63) is 71.0 Å². The summed E-state index contributed by atoms with van der Waals surface area (Å²) in [4.78, 5) is 15.1. The molecule has 6 heteroatoms. The minimum Gasteiger partial charge on any atom is -0.445 e. The highest BCUT2D eigenvalue weighted by atomic mass is 19.1. The molecule has 152 valence electrons. The van der Waals surface area contributed by atoms with E-state index in [1.165, 1.54) is 17.7 Å². The summed E-state index contributed by atoms with van der Waals surface area (Å²) in [5.74, 6) is 0.0927. The molecule has 2 fully saturated rings. The fourth-order valence-electron chi connectivity index (χ4n) is 4.89. The van der Waals surface area contributed by atoms with Gasteiger partial charge >= 0.3 is 6.09 Å². The highest BCUT2D eigenvalue weighted by Gasteiger charge is 2.42. The number of fused-ring (bicyclic) bond motifs is 3. The maximum absolute atomic E-state index is 13.5. The number of hydrogen-bond acceptors (Lipinski definition) is 4. The maximum Gasteiger partial charge on any atom is 0.410 e. The monoisotopic (exact) mass is 396 g/mol. The first kappa shape index (κ1) is 18.6. The predicted molar refractivity (Wildman–Crippen MR) is 106 cm³/mol. The maximum atomic E-state index is 13.5. The van der Waals surface area contributed by atoms with Crippen molar-refractivity contribution < 1.29 is 18.7 Å². The molecular formula is C23H25FN2O3. The van der Waals surface area contributed by atoms with Gasteiger partial charge < -0.3 is 14.8 Å². The summed E-state index contributed by atoms with van der Waals surface area (Å²) in [6, 6.07) is 14.3. The Kier molecular flexibility index (Phi) is 4.97. The average Bonchev–Trinajstić information content (AvgIpc) is 2.73. The van der Waals surface area contributed by atoms with Crippen molar-refractivity contribution in [2.75, 3.05) is 32.8 Å². The van der Waals surface area contributed by atoms with Crippen LogP contribution >= 0.6 is 0 Å². The van der Waals surface area contributed by atoms with Gasteiger partial charge in [-0.1, -0.05) is 36.4 Å². The number of hydrogen-bond donors (Lipinski definition) is 1. The Morgan fingerprint density at radius 2 is 1.79 bits per heavy atom. The molecule has 1 N–H and O–H groups in total. The SMILES string of the molecule is O=C(O[C@@H]1C2CNC[C@@H]1COC2)N1CCc2ccccc2[C@@H]1c1ccc(F)cc1. The van der Waals surface area contributed by atoms with Gasteiger partial charge in [0.05, 0.1) is 19.3 Å². The zero-order valence-corrected chi connectivity index (χ0v) is 16.2. The van der Waals surface area contributed by atoms with Crippen molar-refractivity contribution in [3.8, 4) is 0 Å². The van der Waals surface area contributed by atoms with E-state index >= 15 is 0 Å².